The molecule has 3 rings (SSSR count). The van der Waals surface area contributed by atoms with Gasteiger partial charge >= 0.3 is 0 Å². The van der Waals surface area contributed by atoms with Crippen molar-refractivity contribution in [3.8, 4) is 28.5 Å². The summed E-state index contributed by atoms with van der Waals surface area (Å²) in [5.41, 5.74) is 4.73. The minimum Gasteiger partial charge on any atom is -0.256 e. The van der Waals surface area contributed by atoms with Crippen LogP contribution in [0, 0.1) is 17.1 Å². The van der Waals surface area contributed by atoms with Crippen LogP contribution in [0.15, 0.2) is 60.8 Å². The fourth-order valence-corrected chi connectivity index (χ4v) is 2.97. The molecule has 2 aromatic carbocycles. The van der Waals surface area contributed by atoms with E-state index in [1.807, 2.05) is 36.4 Å². The van der Waals surface area contributed by atoms with Crippen molar-refractivity contribution in [3.63, 3.8) is 0 Å². The van der Waals surface area contributed by atoms with E-state index >= 15 is 0 Å². The Bertz CT molecular complexity index is 906. The van der Waals surface area contributed by atoms with Gasteiger partial charge in [-0.05, 0) is 42.7 Å². The number of pyridine rings is 1. The first-order chi connectivity index (χ1) is 12.7. The predicted octanol–water partition coefficient (Wildman–Crippen LogP) is 6.16. The number of aryl methyl sites for hydroxylation is 1. The molecule has 0 saturated carbocycles. The van der Waals surface area contributed by atoms with Crippen LogP contribution in [0.5, 0.6) is 0 Å². The van der Waals surface area contributed by atoms with E-state index < -0.39 is 0 Å². The summed E-state index contributed by atoms with van der Waals surface area (Å²) < 4.78 is 14.5. The third kappa shape index (κ3) is 4.15. The Hall–Kier alpha value is -2.99. The van der Waals surface area contributed by atoms with Gasteiger partial charge in [-0.15, -0.1) is 0 Å². The number of benzene rings is 2. The van der Waals surface area contributed by atoms with Crippen LogP contribution in [-0.2, 0) is 6.42 Å². The van der Waals surface area contributed by atoms with E-state index in [1.54, 1.807) is 24.4 Å². The number of hydrogen-bond acceptors (Lipinski definition) is 2. The molecule has 1 aromatic heterocycles. The van der Waals surface area contributed by atoms with Crippen LogP contribution in [0.3, 0.4) is 0 Å². The molecule has 0 aliphatic heterocycles. The fraction of sp³-hybridized carbons (Fsp3) is 0.217. The van der Waals surface area contributed by atoms with Gasteiger partial charge in [0.1, 0.15) is 5.82 Å². The average Bonchev–Trinajstić information content (AvgIpc) is 2.69. The average molecular weight is 344 g/mol. The van der Waals surface area contributed by atoms with Crippen molar-refractivity contribution in [1.29, 1.82) is 5.26 Å². The minimum atomic E-state index is -0.202. The number of unbranched alkanes of at least 4 members (excludes halogenated alkanes) is 2. The number of hydrogen-bond donors (Lipinski definition) is 0. The van der Waals surface area contributed by atoms with Crippen LogP contribution in [0.2, 0.25) is 0 Å². The molecule has 0 spiro atoms. The standard InChI is InChI=1S/C23H21FN2/c1-2-3-4-5-17-8-12-21(22(24)14-17)20-11-13-23(26-16-20)19-9-6-18(15-25)7-10-19/h6-14,16H,2-5H2,1H3. The zero-order valence-electron chi connectivity index (χ0n) is 14.9. The van der Waals surface area contributed by atoms with Crippen LogP contribution in [-0.4, -0.2) is 4.98 Å². The Balaban J connectivity index is 1.78. The lowest BCUT2D eigenvalue weighted by molar-refractivity contribution is 0.626. The first-order valence-electron chi connectivity index (χ1n) is 8.96. The van der Waals surface area contributed by atoms with Gasteiger partial charge < -0.3 is 0 Å². The monoisotopic (exact) mass is 344 g/mol. The van der Waals surface area contributed by atoms with Crippen molar-refractivity contribution in [2.75, 3.05) is 0 Å². The molecule has 130 valence electrons. The maximum absolute atomic E-state index is 14.5. The van der Waals surface area contributed by atoms with Crippen molar-refractivity contribution in [3.05, 3.63) is 77.7 Å². The van der Waals surface area contributed by atoms with E-state index in [0.29, 0.717) is 11.1 Å². The molecule has 0 radical (unpaired) electrons. The van der Waals surface area contributed by atoms with Gasteiger partial charge in [0.25, 0.3) is 0 Å². The van der Waals surface area contributed by atoms with Gasteiger partial charge in [-0.1, -0.05) is 50.1 Å². The van der Waals surface area contributed by atoms with Gasteiger partial charge in [0.05, 0.1) is 17.3 Å². The number of nitrogens with zero attached hydrogens (tertiary/aromatic N) is 2. The third-order valence-corrected chi connectivity index (χ3v) is 4.49. The van der Waals surface area contributed by atoms with E-state index in [9.17, 15) is 4.39 Å². The van der Waals surface area contributed by atoms with Gasteiger partial charge in [0, 0.05) is 22.9 Å². The number of rotatable bonds is 6. The van der Waals surface area contributed by atoms with E-state index in [0.717, 1.165) is 41.6 Å². The highest BCUT2D eigenvalue weighted by molar-refractivity contribution is 5.67. The lowest BCUT2D eigenvalue weighted by atomic mass is 10.0. The van der Waals surface area contributed by atoms with Gasteiger partial charge in [-0.2, -0.15) is 5.26 Å². The van der Waals surface area contributed by atoms with Crippen molar-refractivity contribution >= 4 is 0 Å². The Morgan fingerprint density at radius 1 is 0.962 bits per heavy atom. The lowest BCUT2D eigenvalue weighted by Gasteiger charge is -2.08. The smallest absolute Gasteiger partial charge is 0.131 e. The van der Waals surface area contributed by atoms with Crippen molar-refractivity contribution in [2.45, 2.75) is 32.6 Å². The maximum Gasteiger partial charge on any atom is 0.131 e. The second-order valence-corrected chi connectivity index (χ2v) is 6.39. The van der Waals surface area contributed by atoms with Crippen molar-refractivity contribution < 1.29 is 4.39 Å². The second kappa shape index (κ2) is 8.40. The summed E-state index contributed by atoms with van der Waals surface area (Å²) in [6.45, 7) is 2.16. The molecule has 0 aliphatic carbocycles. The molecule has 0 saturated heterocycles. The van der Waals surface area contributed by atoms with Gasteiger partial charge in [0.2, 0.25) is 0 Å². The van der Waals surface area contributed by atoms with Crippen LogP contribution in [0.1, 0.15) is 37.3 Å². The molecule has 1 heterocycles. The molecule has 2 nitrogen and oxygen atoms in total. The zero-order chi connectivity index (χ0) is 18.4. The van der Waals surface area contributed by atoms with Gasteiger partial charge in [-0.3, -0.25) is 4.98 Å². The Morgan fingerprint density at radius 3 is 2.35 bits per heavy atom. The molecule has 0 amide bonds. The first kappa shape index (κ1) is 17.8. The molecule has 0 fully saturated rings. The molecule has 0 atom stereocenters. The summed E-state index contributed by atoms with van der Waals surface area (Å²) in [5.74, 6) is -0.202. The van der Waals surface area contributed by atoms with Gasteiger partial charge in [-0.25, -0.2) is 4.39 Å². The predicted molar refractivity (Wildman–Crippen MR) is 103 cm³/mol. The molecule has 26 heavy (non-hydrogen) atoms. The summed E-state index contributed by atoms with van der Waals surface area (Å²) in [6, 6.07) is 18.6. The van der Waals surface area contributed by atoms with E-state index in [2.05, 4.69) is 18.0 Å². The molecular weight excluding hydrogens is 323 g/mol. The molecule has 0 unspecified atom stereocenters. The number of nitriles is 1. The fourth-order valence-electron chi connectivity index (χ4n) is 2.97. The highest BCUT2D eigenvalue weighted by atomic mass is 19.1. The molecule has 0 aliphatic rings. The summed E-state index contributed by atoms with van der Waals surface area (Å²) in [6.07, 6.45) is 6.04. The molecule has 3 aromatic rings. The summed E-state index contributed by atoms with van der Waals surface area (Å²) in [4.78, 5) is 4.46. The van der Waals surface area contributed by atoms with Crippen LogP contribution in [0.25, 0.3) is 22.4 Å². The van der Waals surface area contributed by atoms with E-state index in [4.69, 9.17) is 5.26 Å². The Labute approximate surface area is 154 Å². The number of aromatic nitrogens is 1. The lowest BCUT2D eigenvalue weighted by Crippen LogP contribution is -1.91. The summed E-state index contributed by atoms with van der Waals surface area (Å²) in [7, 11) is 0. The largest absolute Gasteiger partial charge is 0.256 e. The normalized spacial score (nSPS) is 10.5. The molecule has 0 bridgehead atoms. The molecular formula is C23H21FN2. The highest BCUT2D eigenvalue weighted by Gasteiger charge is 2.08. The Morgan fingerprint density at radius 2 is 1.73 bits per heavy atom. The van der Waals surface area contributed by atoms with Gasteiger partial charge in [0.15, 0.2) is 0 Å². The number of halogens is 1. The second-order valence-electron chi connectivity index (χ2n) is 6.39. The quantitative estimate of drug-likeness (QED) is 0.502. The molecule has 3 heteroatoms. The zero-order valence-corrected chi connectivity index (χ0v) is 14.9. The summed E-state index contributed by atoms with van der Waals surface area (Å²) >= 11 is 0. The van der Waals surface area contributed by atoms with E-state index in [1.165, 1.54) is 6.42 Å². The Kier molecular flexibility index (Phi) is 5.76. The SMILES string of the molecule is CCCCCc1ccc(-c2ccc(-c3ccc(C#N)cc3)nc2)c(F)c1. The minimum absolute atomic E-state index is 0.202. The maximum atomic E-state index is 14.5. The highest BCUT2D eigenvalue weighted by Crippen LogP contribution is 2.26. The van der Waals surface area contributed by atoms with Crippen molar-refractivity contribution in [2.24, 2.45) is 0 Å². The third-order valence-electron chi connectivity index (χ3n) is 4.49. The van der Waals surface area contributed by atoms with Crippen molar-refractivity contribution in [1.82, 2.24) is 4.98 Å². The van der Waals surface area contributed by atoms with Crippen LogP contribution in [0.4, 0.5) is 4.39 Å². The molecule has 0 N–H and O–H groups in total. The van der Waals surface area contributed by atoms with E-state index in [-0.39, 0.29) is 5.82 Å². The van der Waals surface area contributed by atoms with Crippen LogP contribution < -0.4 is 0 Å². The summed E-state index contributed by atoms with van der Waals surface area (Å²) in [5, 5.41) is 8.87. The topological polar surface area (TPSA) is 36.7 Å². The van der Waals surface area contributed by atoms with Crippen LogP contribution >= 0.6 is 0 Å². The first-order valence-corrected chi connectivity index (χ1v) is 8.96.